The van der Waals surface area contributed by atoms with Crippen LogP contribution in [0.5, 0.6) is 0 Å². The van der Waals surface area contributed by atoms with Crippen LogP contribution >= 0.6 is 15.9 Å². The van der Waals surface area contributed by atoms with Gasteiger partial charge in [-0.05, 0) is 12.1 Å². The first-order valence-corrected chi connectivity index (χ1v) is 6.15. The summed E-state index contributed by atoms with van der Waals surface area (Å²) >= 11 is 2.97. The van der Waals surface area contributed by atoms with E-state index >= 15 is 0 Å². The van der Waals surface area contributed by atoms with Crippen LogP contribution in [-0.4, -0.2) is 37.2 Å². The molecule has 98 valence electrons. The molecular weight excluding hydrogens is 310 g/mol. The number of carbonyl (C=O) groups excluding carboxylic acids is 1. The Bertz CT molecular complexity index is 441. The smallest absolute Gasteiger partial charge is 0.322 e. The van der Waals surface area contributed by atoms with Crippen molar-refractivity contribution in [2.45, 2.75) is 0 Å². The van der Waals surface area contributed by atoms with Crippen LogP contribution in [0.15, 0.2) is 16.6 Å². The summed E-state index contributed by atoms with van der Waals surface area (Å²) in [5, 5.41) is 2.24. The molecule has 1 aromatic rings. The molecule has 1 aromatic carbocycles. The molecule has 1 heterocycles. The average molecular weight is 321 g/mol. The molecule has 1 aliphatic rings. The number of ether oxygens (including phenoxy) is 1. The van der Waals surface area contributed by atoms with Gasteiger partial charge in [-0.3, -0.25) is 0 Å². The summed E-state index contributed by atoms with van der Waals surface area (Å²) in [6.07, 6.45) is 0. The zero-order valence-electron chi connectivity index (χ0n) is 9.38. The Balaban J connectivity index is 2.11. The van der Waals surface area contributed by atoms with E-state index in [2.05, 4.69) is 21.2 Å². The molecule has 7 heteroatoms. The fourth-order valence-corrected chi connectivity index (χ4v) is 2.02. The van der Waals surface area contributed by atoms with E-state index in [0.717, 1.165) is 12.1 Å². The topological polar surface area (TPSA) is 41.6 Å². The number of hydrogen-bond donors (Lipinski definition) is 1. The van der Waals surface area contributed by atoms with Crippen molar-refractivity contribution >= 4 is 27.6 Å². The molecule has 0 unspecified atom stereocenters. The summed E-state index contributed by atoms with van der Waals surface area (Å²) < 4.78 is 32.4. The molecule has 0 saturated carbocycles. The molecule has 2 rings (SSSR count). The quantitative estimate of drug-likeness (QED) is 0.864. The molecule has 0 aromatic heterocycles. The second-order valence-electron chi connectivity index (χ2n) is 3.77. The van der Waals surface area contributed by atoms with E-state index < -0.39 is 23.4 Å². The number of halogens is 3. The SMILES string of the molecule is O=C(Nc1c(F)cc(Br)cc1F)N1CCOCC1. The zero-order chi connectivity index (χ0) is 13.1. The monoisotopic (exact) mass is 320 g/mol. The fourth-order valence-electron chi connectivity index (χ4n) is 1.61. The standard InChI is InChI=1S/C11H11BrF2N2O2/c12-7-5-8(13)10(9(14)6-7)15-11(17)16-1-3-18-4-2-16/h5-6H,1-4H2,(H,15,17). The third-order valence-electron chi connectivity index (χ3n) is 2.54. The van der Waals surface area contributed by atoms with Gasteiger partial charge in [0.15, 0.2) is 11.6 Å². The van der Waals surface area contributed by atoms with E-state index in [4.69, 9.17) is 4.74 Å². The molecule has 1 aliphatic heterocycles. The van der Waals surface area contributed by atoms with Crippen molar-refractivity contribution in [1.29, 1.82) is 0 Å². The van der Waals surface area contributed by atoms with Gasteiger partial charge < -0.3 is 15.0 Å². The minimum Gasteiger partial charge on any atom is -0.378 e. The Kier molecular flexibility index (Phi) is 4.13. The van der Waals surface area contributed by atoms with Gasteiger partial charge in [0.1, 0.15) is 5.69 Å². The van der Waals surface area contributed by atoms with Crippen LogP contribution < -0.4 is 5.32 Å². The number of hydrogen-bond acceptors (Lipinski definition) is 2. The first kappa shape index (κ1) is 13.2. The van der Waals surface area contributed by atoms with Crippen molar-refractivity contribution < 1.29 is 18.3 Å². The van der Waals surface area contributed by atoms with Crippen molar-refractivity contribution in [1.82, 2.24) is 4.90 Å². The van der Waals surface area contributed by atoms with Gasteiger partial charge in [0, 0.05) is 17.6 Å². The average Bonchev–Trinajstić information content (AvgIpc) is 2.34. The maximum absolute atomic E-state index is 13.5. The predicted octanol–water partition coefficient (Wildman–Crippen LogP) is 2.59. The van der Waals surface area contributed by atoms with E-state index in [1.807, 2.05) is 0 Å². The third-order valence-corrected chi connectivity index (χ3v) is 2.99. The minimum atomic E-state index is -0.816. The summed E-state index contributed by atoms with van der Waals surface area (Å²) in [4.78, 5) is 13.2. The van der Waals surface area contributed by atoms with Gasteiger partial charge >= 0.3 is 6.03 Å². The summed E-state index contributed by atoms with van der Waals surface area (Å²) in [5.74, 6) is -1.63. The van der Waals surface area contributed by atoms with Crippen molar-refractivity contribution in [2.75, 3.05) is 31.6 Å². The Labute approximate surface area is 111 Å². The number of carbonyl (C=O) groups is 1. The molecular formula is C11H11BrF2N2O2. The Morgan fingerprint density at radius 1 is 1.28 bits per heavy atom. The lowest BCUT2D eigenvalue weighted by atomic mass is 10.3. The normalized spacial score (nSPS) is 15.6. The molecule has 0 radical (unpaired) electrons. The van der Waals surface area contributed by atoms with Crippen LogP contribution in [-0.2, 0) is 4.74 Å². The molecule has 1 saturated heterocycles. The van der Waals surface area contributed by atoms with E-state index in [9.17, 15) is 13.6 Å². The highest BCUT2D eigenvalue weighted by atomic mass is 79.9. The number of anilines is 1. The lowest BCUT2D eigenvalue weighted by Crippen LogP contribution is -2.43. The first-order chi connectivity index (χ1) is 8.58. The van der Waals surface area contributed by atoms with Crippen LogP contribution in [0.2, 0.25) is 0 Å². The summed E-state index contributed by atoms with van der Waals surface area (Å²) in [7, 11) is 0. The summed E-state index contributed by atoms with van der Waals surface area (Å²) in [6.45, 7) is 1.68. The molecule has 1 fully saturated rings. The van der Waals surface area contributed by atoms with Gasteiger partial charge in [-0.15, -0.1) is 0 Å². The zero-order valence-corrected chi connectivity index (χ0v) is 11.0. The van der Waals surface area contributed by atoms with E-state index in [1.54, 1.807) is 0 Å². The highest BCUT2D eigenvalue weighted by Gasteiger charge is 2.20. The molecule has 18 heavy (non-hydrogen) atoms. The number of benzene rings is 1. The van der Waals surface area contributed by atoms with Crippen LogP contribution in [0.3, 0.4) is 0 Å². The Morgan fingerprint density at radius 3 is 2.39 bits per heavy atom. The van der Waals surface area contributed by atoms with Crippen molar-refractivity contribution in [3.05, 3.63) is 28.2 Å². The van der Waals surface area contributed by atoms with Crippen LogP contribution in [0.1, 0.15) is 0 Å². The lowest BCUT2D eigenvalue weighted by molar-refractivity contribution is 0.0564. The first-order valence-electron chi connectivity index (χ1n) is 5.36. The maximum atomic E-state index is 13.5. The number of morpholine rings is 1. The number of amides is 2. The van der Waals surface area contributed by atoms with Crippen LogP contribution in [0.4, 0.5) is 19.3 Å². The van der Waals surface area contributed by atoms with E-state index in [1.165, 1.54) is 4.90 Å². The van der Waals surface area contributed by atoms with E-state index in [0.29, 0.717) is 26.3 Å². The predicted molar refractivity (Wildman–Crippen MR) is 65.5 cm³/mol. The molecule has 1 N–H and O–H groups in total. The van der Waals surface area contributed by atoms with Gasteiger partial charge in [0.05, 0.1) is 13.2 Å². The highest BCUT2D eigenvalue weighted by Crippen LogP contribution is 2.24. The summed E-state index contributed by atoms with van der Waals surface area (Å²) in [6, 6.07) is 1.66. The van der Waals surface area contributed by atoms with E-state index in [-0.39, 0.29) is 4.47 Å². The highest BCUT2D eigenvalue weighted by molar-refractivity contribution is 9.10. The lowest BCUT2D eigenvalue weighted by Gasteiger charge is -2.27. The number of nitrogens with one attached hydrogen (secondary N) is 1. The molecule has 4 nitrogen and oxygen atoms in total. The minimum absolute atomic E-state index is 0.280. The molecule has 0 atom stereocenters. The molecule has 0 aliphatic carbocycles. The van der Waals surface area contributed by atoms with Gasteiger partial charge in [-0.1, -0.05) is 15.9 Å². The second kappa shape index (κ2) is 5.62. The molecule has 0 bridgehead atoms. The van der Waals surface area contributed by atoms with Crippen LogP contribution in [0.25, 0.3) is 0 Å². The Hall–Kier alpha value is -1.21. The largest absolute Gasteiger partial charge is 0.378 e. The van der Waals surface area contributed by atoms with Crippen molar-refractivity contribution in [2.24, 2.45) is 0 Å². The number of rotatable bonds is 1. The van der Waals surface area contributed by atoms with Gasteiger partial charge in [-0.2, -0.15) is 0 Å². The van der Waals surface area contributed by atoms with Gasteiger partial charge in [-0.25, -0.2) is 13.6 Å². The fraction of sp³-hybridized carbons (Fsp3) is 0.364. The maximum Gasteiger partial charge on any atom is 0.322 e. The Morgan fingerprint density at radius 2 is 1.83 bits per heavy atom. The summed E-state index contributed by atoms with van der Waals surface area (Å²) in [5.41, 5.74) is -0.435. The third kappa shape index (κ3) is 2.97. The van der Waals surface area contributed by atoms with Gasteiger partial charge in [0.25, 0.3) is 0 Å². The van der Waals surface area contributed by atoms with Crippen LogP contribution in [0, 0.1) is 11.6 Å². The molecule has 0 spiro atoms. The number of urea groups is 1. The van der Waals surface area contributed by atoms with Gasteiger partial charge in [0.2, 0.25) is 0 Å². The van der Waals surface area contributed by atoms with Crippen molar-refractivity contribution in [3.8, 4) is 0 Å². The second-order valence-corrected chi connectivity index (χ2v) is 4.69. The van der Waals surface area contributed by atoms with Crippen molar-refractivity contribution in [3.63, 3.8) is 0 Å². The number of nitrogens with zero attached hydrogens (tertiary/aromatic N) is 1. The molecule has 2 amide bonds.